The molecule has 1 amide bonds. The van der Waals surface area contributed by atoms with Crippen molar-refractivity contribution in [3.05, 3.63) is 57.7 Å². The van der Waals surface area contributed by atoms with Gasteiger partial charge in [0.1, 0.15) is 24.7 Å². The van der Waals surface area contributed by atoms with Crippen molar-refractivity contribution in [1.82, 2.24) is 5.43 Å². The van der Waals surface area contributed by atoms with Crippen LogP contribution in [0.25, 0.3) is 0 Å². The summed E-state index contributed by atoms with van der Waals surface area (Å²) >= 11 is 2.21. The fraction of sp³-hybridized carbons (Fsp3) is 0.133. The number of amides is 1. The third-order valence-electron chi connectivity index (χ3n) is 2.70. The van der Waals surface area contributed by atoms with Crippen molar-refractivity contribution in [3.8, 4) is 11.5 Å². The van der Waals surface area contributed by atoms with Crippen LogP contribution in [0.5, 0.6) is 11.5 Å². The maximum atomic E-state index is 11.6. The monoisotopic (exact) mass is 398 g/mol. The van der Waals surface area contributed by atoms with Crippen molar-refractivity contribution in [2.24, 2.45) is 5.84 Å². The number of carbonyl (C=O) groups excluding carboxylic acids is 1. The Labute approximate surface area is 136 Å². The fourth-order valence-corrected chi connectivity index (χ4v) is 2.27. The highest BCUT2D eigenvalue weighted by atomic mass is 127. The van der Waals surface area contributed by atoms with E-state index in [4.69, 9.17) is 15.3 Å². The molecule has 0 unspecified atom stereocenters. The van der Waals surface area contributed by atoms with E-state index in [1.54, 1.807) is 24.3 Å². The maximum Gasteiger partial charge on any atom is 0.268 e. The van der Waals surface area contributed by atoms with Gasteiger partial charge in [-0.2, -0.15) is 0 Å². The van der Waals surface area contributed by atoms with Crippen molar-refractivity contribution < 1.29 is 14.3 Å². The van der Waals surface area contributed by atoms with Crippen LogP contribution in [0, 0.1) is 3.57 Å². The highest BCUT2D eigenvalue weighted by molar-refractivity contribution is 14.1. The first-order valence-corrected chi connectivity index (χ1v) is 7.40. The molecular formula is C15H15IN2O3. The average molecular weight is 398 g/mol. The molecule has 0 aliphatic rings. The zero-order valence-electron chi connectivity index (χ0n) is 11.2. The third kappa shape index (κ3) is 4.33. The van der Waals surface area contributed by atoms with E-state index in [0.29, 0.717) is 24.5 Å². The lowest BCUT2D eigenvalue weighted by atomic mass is 10.2. The molecule has 0 heterocycles. The van der Waals surface area contributed by atoms with E-state index in [0.717, 1.165) is 9.32 Å². The minimum absolute atomic E-state index is 0.333. The van der Waals surface area contributed by atoms with Crippen molar-refractivity contribution in [2.75, 3.05) is 13.2 Å². The molecule has 0 aromatic heterocycles. The summed E-state index contributed by atoms with van der Waals surface area (Å²) in [6.07, 6.45) is 0. The van der Waals surface area contributed by atoms with E-state index in [9.17, 15) is 4.79 Å². The molecule has 0 fully saturated rings. The van der Waals surface area contributed by atoms with E-state index < -0.39 is 0 Å². The molecule has 0 radical (unpaired) electrons. The molecule has 3 N–H and O–H groups in total. The molecule has 0 aliphatic heterocycles. The second kappa shape index (κ2) is 7.84. The van der Waals surface area contributed by atoms with Gasteiger partial charge < -0.3 is 9.47 Å². The second-order valence-corrected chi connectivity index (χ2v) is 5.26. The maximum absolute atomic E-state index is 11.6. The van der Waals surface area contributed by atoms with Crippen molar-refractivity contribution in [1.29, 1.82) is 0 Å². The standard InChI is InChI=1S/C15H15IN2O3/c16-12-6-2-4-8-14(12)21-10-9-20-13-7-3-1-5-11(13)15(19)18-17/h1-8H,9-10,17H2,(H,18,19). The molecular weight excluding hydrogens is 383 g/mol. The Hall–Kier alpha value is -1.80. The molecule has 5 nitrogen and oxygen atoms in total. The zero-order chi connectivity index (χ0) is 15.1. The third-order valence-corrected chi connectivity index (χ3v) is 3.59. The van der Waals surface area contributed by atoms with Gasteiger partial charge in [0.25, 0.3) is 5.91 Å². The molecule has 0 bridgehead atoms. The minimum atomic E-state index is -0.385. The quantitative estimate of drug-likeness (QED) is 0.258. The molecule has 0 aliphatic carbocycles. The summed E-state index contributed by atoms with van der Waals surface area (Å²) < 4.78 is 12.2. The summed E-state index contributed by atoms with van der Waals surface area (Å²) in [4.78, 5) is 11.6. The molecule has 6 heteroatoms. The summed E-state index contributed by atoms with van der Waals surface area (Å²) in [5.74, 6) is 6.05. The predicted octanol–water partition coefficient (Wildman–Crippen LogP) is 2.35. The molecule has 0 spiro atoms. The Bertz CT molecular complexity index is 619. The lowest BCUT2D eigenvalue weighted by Crippen LogP contribution is -2.30. The van der Waals surface area contributed by atoms with Crippen LogP contribution in [0.2, 0.25) is 0 Å². The van der Waals surface area contributed by atoms with Crippen molar-refractivity contribution in [2.45, 2.75) is 0 Å². The van der Waals surface area contributed by atoms with Gasteiger partial charge in [0.05, 0.1) is 9.13 Å². The van der Waals surface area contributed by atoms with Crippen LogP contribution in [0.3, 0.4) is 0 Å². The van der Waals surface area contributed by atoms with Crippen LogP contribution < -0.4 is 20.7 Å². The van der Waals surface area contributed by atoms with Gasteiger partial charge in [0.15, 0.2) is 0 Å². The van der Waals surface area contributed by atoms with Crippen LogP contribution in [0.4, 0.5) is 0 Å². The molecule has 2 rings (SSSR count). The Morgan fingerprint density at radius 1 is 1.00 bits per heavy atom. The Morgan fingerprint density at radius 3 is 2.24 bits per heavy atom. The smallest absolute Gasteiger partial charge is 0.268 e. The van der Waals surface area contributed by atoms with Gasteiger partial charge in [-0.05, 0) is 46.9 Å². The largest absolute Gasteiger partial charge is 0.489 e. The Balaban J connectivity index is 1.90. The Morgan fingerprint density at radius 2 is 1.57 bits per heavy atom. The number of nitrogen functional groups attached to an aromatic ring is 1. The zero-order valence-corrected chi connectivity index (χ0v) is 13.4. The van der Waals surface area contributed by atoms with Crippen LogP contribution >= 0.6 is 22.6 Å². The number of hydrogen-bond acceptors (Lipinski definition) is 4. The van der Waals surface area contributed by atoms with E-state index in [-0.39, 0.29) is 5.91 Å². The fourth-order valence-electron chi connectivity index (χ4n) is 1.72. The topological polar surface area (TPSA) is 73.6 Å². The van der Waals surface area contributed by atoms with Gasteiger partial charge in [-0.3, -0.25) is 10.2 Å². The SMILES string of the molecule is NNC(=O)c1ccccc1OCCOc1ccccc1I. The number of ether oxygens (including phenoxy) is 2. The number of halogens is 1. The summed E-state index contributed by atoms with van der Waals surface area (Å²) in [6.45, 7) is 0.721. The molecule has 0 saturated heterocycles. The van der Waals surface area contributed by atoms with E-state index in [1.807, 2.05) is 24.3 Å². The van der Waals surface area contributed by atoms with Crippen LogP contribution in [0.1, 0.15) is 10.4 Å². The number of rotatable bonds is 6. The van der Waals surface area contributed by atoms with Gasteiger partial charge >= 0.3 is 0 Å². The normalized spacial score (nSPS) is 10.0. The highest BCUT2D eigenvalue weighted by Gasteiger charge is 2.10. The molecule has 0 saturated carbocycles. The number of benzene rings is 2. The lowest BCUT2D eigenvalue weighted by molar-refractivity contribution is 0.0948. The van der Waals surface area contributed by atoms with Gasteiger partial charge in [-0.15, -0.1) is 0 Å². The van der Waals surface area contributed by atoms with Gasteiger partial charge in [0.2, 0.25) is 0 Å². The number of nitrogens with one attached hydrogen (secondary N) is 1. The van der Waals surface area contributed by atoms with Crippen LogP contribution in [-0.2, 0) is 0 Å². The van der Waals surface area contributed by atoms with Crippen LogP contribution in [-0.4, -0.2) is 19.1 Å². The summed E-state index contributed by atoms with van der Waals surface area (Å²) in [7, 11) is 0. The first-order valence-electron chi connectivity index (χ1n) is 6.32. The summed E-state index contributed by atoms with van der Waals surface area (Å²) in [5, 5.41) is 0. The predicted molar refractivity (Wildman–Crippen MR) is 88.2 cm³/mol. The van der Waals surface area contributed by atoms with E-state index >= 15 is 0 Å². The minimum Gasteiger partial charge on any atom is -0.489 e. The number of carbonyl (C=O) groups is 1. The molecule has 2 aromatic rings. The molecule has 21 heavy (non-hydrogen) atoms. The number of nitrogens with two attached hydrogens (primary N) is 1. The van der Waals surface area contributed by atoms with E-state index in [2.05, 4.69) is 28.0 Å². The van der Waals surface area contributed by atoms with E-state index in [1.165, 1.54) is 0 Å². The molecule has 2 aromatic carbocycles. The Kier molecular flexibility index (Phi) is 5.82. The average Bonchev–Trinajstić information content (AvgIpc) is 2.52. The summed E-state index contributed by atoms with van der Waals surface area (Å²) in [5.41, 5.74) is 2.49. The second-order valence-electron chi connectivity index (χ2n) is 4.10. The molecule has 110 valence electrons. The summed E-state index contributed by atoms with van der Waals surface area (Å²) in [6, 6.07) is 14.7. The van der Waals surface area contributed by atoms with Gasteiger partial charge in [-0.25, -0.2) is 5.84 Å². The first kappa shape index (κ1) is 15.6. The lowest BCUT2D eigenvalue weighted by Gasteiger charge is -2.11. The van der Waals surface area contributed by atoms with Gasteiger partial charge in [-0.1, -0.05) is 24.3 Å². The first-order chi connectivity index (χ1) is 10.2. The highest BCUT2D eigenvalue weighted by Crippen LogP contribution is 2.20. The number of hydrogen-bond donors (Lipinski definition) is 2. The van der Waals surface area contributed by atoms with Gasteiger partial charge in [0, 0.05) is 0 Å². The van der Waals surface area contributed by atoms with Crippen LogP contribution in [0.15, 0.2) is 48.5 Å². The van der Waals surface area contributed by atoms with Crippen molar-refractivity contribution >= 4 is 28.5 Å². The molecule has 0 atom stereocenters. The number of para-hydroxylation sites is 2. The van der Waals surface area contributed by atoms with Crippen molar-refractivity contribution in [3.63, 3.8) is 0 Å². The number of hydrazine groups is 1.